The number of hydrogen-bond donors (Lipinski definition) is 0. The molecular formula is C13H9NO2S. The SMILES string of the molecule is COc1cc2ncc3ccsc3c2cc1C=O. The number of methoxy groups -OCH3 is 1. The Labute approximate surface area is 102 Å². The highest BCUT2D eigenvalue weighted by molar-refractivity contribution is 7.18. The van der Waals surface area contributed by atoms with E-state index < -0.39 is 0 Å². The quantitative estimate of drug-likeness (QED) is 0.648. The Balaban J connectivity index is 2.46. The highest BCUT2D eigenvalue weighted by Crippen LogP contribution is 2.31. The maximum atomic E-state index is 11.0. The van der Waals surface area contributed by atoms with Gasteiger partial charge in [-0.25, -0.2) is 0 Å². The minimum Gasteiger partial charge on any atom is -0.496 e. The normalized spacial score (nSPS) is 10.9. The van der Waals surface area contributed by atoms with Crippen molar-refractivity contribution >= 4 is 38.6 Å². The summed E-state index contributed by atoms with van der Waals surface area (Å²) in [6.45, 7) is 0. The Morgan fingerprint density at radius 2 is 2.29 bits per heavy atom. The number of nitrogens with zero attached hydrogens (tertiary/aromatic N) is 1. The lowest BCUT2D eigenvalue weighted by atomic mass is 10.1. The summed E-state index contributed by atoms with van der Waals surface area (Å²) in [6, 6.07) is 5.67. The standard InChI is InChI=1S/C13H9NO2S/c1-16-12-5-11-10(4-9(12)7-15)13-8(6-14-11)2-3-17-13/h2-7H,1H3. The van der Waals surface area contributed by atoms with Gasteiger partial charge in [-0.15, -0.1) is 11.3 Å². The molecule has 0 N–H and O–H groups in total. The van der Waals surface area contributed by atoms with E-state index in [4.69, 9.17) is 4.74 Å². The molecule has 0 aliphatic carbocycles. The van der Waals surface area contributed by atoms with Gasteiger partial charge in [0.15, 0.2) is 6.29 Å². The first-order valence-electron chi connectivity index (χ1n) is 5.12. The van der Waals surface area contributed by atoms with E-state index in [2.05, 4.69) is 4.98 Å². The number of aldehydes is 1. The number of ether oxygens (including phenoxy) is 1. The molecule has 0 saturated carbocycles. The molecule has 0 aliphatic rings. The van der Waals surface area contributed by atoms with Gasteiger partial charge in [-0.2, -0.15) is 0 Å². The molecule has 0 radical (unpaired) electrons. The highest BCUT2D eigenvalue weighted by Gasteiger charge is 2.09. The molecule has 0 bridgehead atoms. The van der Waals surface area contributed by atoms with Gasteiger partial charge in [-0.3, -0.25) is 9.78 Å². The molecule has 2 aromatic heterocycles. The molecule has 3 rings (SSSR count). The van der Waals surface area contributed by atoms with Crippen LogP contribution < -0.4 is 4.74 Å². The number of benzene rings is 1. The van der Waals surface area contributed by atoms with Gasteiger partial charge >= 0.3 is 0 Å². The second-order valence-corrected chi connectivity index (χ2v) is 4.61. The first-order chi connectivity index (χ1) is 8.33. The summed E-state index contributed by atoms with van der Waals surface area (Å²) >= 11 is 1.65. The lowest BCUT2D eigenvalue weighted by Gasteiger charge is -2.06. The lowest BCUT2D eigenvalue weighted by molar-refractivity contribution is 0.112. The lowest BCUT2D eigenvalue weighted by Crippen LogP contribution is -1.91. The predicted molar refractivity (Wildman–Crippen MR) is 69.1 cm³/mol. The van der Waals surface area contributed by atoms with Crippen LogP contribution >= 0.6 is 11.3 Å². The number of hydrogen-bond acceptors (Lipinski definition) is 4. The molecule has 0 fully saturated rings. The monoisotopic (exact) mass is 243 g/mol. The third-order valence-corrected chi connectivity index (χ3v) is 3.72. The number of thiophene rings is 1. The number of carbonyl (C=O) groups excluding carboxylic acids is 1. The van der Waals surface area contributed by atoms with Gasteiger partial charge in [0.05, 0.1) is 18.2 Å². The Morgan fingerprint density at radius 3 is 3.06 bits per heavy atom. The molecule has 84 valence electrons. The Morgan fingerprint density at radius 1 is 1.41 bits per heavy atom. The molecule has 0 saturated heterocycles. The molecule has 4 heteroatoms. The first-order valence-corrected chi connectivity index (χ1v) is 6.00. The minimum absolute atomic E-state index is 0.558. The van der Waals surface area contributed by atoms with Crippen LogP contribution in [0.5, 0.6) is 5.75 Å². The van der Waals surface area contributed by atoms with E-state index in [0.717, 1.165) is 27.3 Å². The van der Waals surface area contributed by atoms with E-state index in [9.17, 15) is 4.79 Å². The van der Waals surface area contributed by atoms with Crippen molar-refractivity contribution in [1.29, 1.82) is 0 Å². The van der Waals surface area contributed by atoms with Crippen LogP contribution in [-0.4, -0.2) is 18.4 Å². The summed E-state index contributed by atoms with van der Waals surface area (Å²) in [5.74, 6) is 0.566. The average Bonchev–Trinajstić information content (AvgIpc) is 2.85. The van der Waals surface area contributed by atoms with Crippen LogP contribution in [0.4, 0.5) is 0 Å². The van der Waals surface area contributed by atoms with Crippen molar-refractivity contribution in [2.45, 2.75) is 0 Å². The molecule has 3 nitrogen and oxygen atoms in total. The number of carbonyl (C=O) groups is 1. The molecular weight excluding hydrogens is 234 g/mol. The van der Waals surface area contributed by atoms with Crippen LogP contribution in [-0.2, 0) is 0 Å². The molecule has 3 aromatic rings. The molecule has 0 spiro atoms. The van der Waals surface area contributed by atoms with E-state index in [1.807, 2.05) is 23.7 Å². The fourth-order valence-corrected chi connectivity index (χ4v) is 2.82. The smallest absolute Gasteiger partial charge is 0.153 e. The first kappa shape index (κ1) is 10.2. The van der Waals surface area contributed by atoms with Crippen molar-refractivity contribution in [2.75, 3.05) is 7.11 Å². The van der Waals surface area contributed by atoms with Gasteiger partial charge < -0.3 is 4.74 Å². The van der Waals surface area contributed by atoms with Gasteiger partial charge in [0.25, 0.3) is 0 Å². The third-order valence-electron chi connectivity index (χ3n) is 2.76. The summed E-state index contributed by atoms with van der Waals surface area (Å²) in [4.78, 5) is 15.4. The summed E-state index contributed by atoms with van der Waals surface area (Å²) in [6.07, 6.45) is 2.65. The molecule has 2 heterocycles. The summed E-state index contributed by atoms with van der Waals surface area (Å²) in [5, 5.41) is 4.13. The van der Waals surface area contributed by atoms with Gasteiger partial charge in [0.2, 0.25) is 0 Å². The molecule has 1 aromatic carbocycles. The van der Waals surface area contributed by atoms with Gasteiger partial charge in [-0.1, -0.05) is 0 Å². The topological polar surface area (TPSA) is 39.2 Å². The maximum absolute atomic E-state index is 11.0. The van der Waals surface area contributed by atoms with E-state index >= 15 is 0 Å². The van der Waals surface area contributed by atoms with Gasteiger partial charge in [-0.05, 0) is 17.5 Å². The van der Waals surface area contributed by atoms with E-state index in [1.54, 1.807) is 24.5 Å². The zero-order chi connectivity index (χ0) is 11.8. The van der Waals surface area contributed by atoms with Crippen LogP contribution in [0.2, 0.25) is 0 Å². The Kier molecular flexibility index (Phi) is 2.30. The number of pyridine rings is 1. The predicted octanol–water partition coefficient (Wildman–Crippen LogP) is 3.27. The maximum Gasteiger partial charge on any atom is 0.153 e. The Hall–Kier alpha value is -1.94. The van der Waals surface area contributed by atoms with Crippen molar-refractivity contribution in [3.05, 3.63) is 35.3 Å². The highest BCUT2D eigenvalue weighted by atomic mass is 32.1. The molecule has 0 atom stereocenters. The number of aromatic nitrogens is 1. The van der Waals surface area contributed by atoms with Crippen molar-refractivity contribution in [3.8, 4) is 5.75 Å². The largest absolute Gasteiger partial charge is 0.496 e. The van der Waals surface area contributed by atoms with Crippen molar-refractivity contribution in [1.82, 2.24) is 4.98 Å². The van der Waals surface area contributed by atoms with E-state index in [1.165, 1.54) is 0 Å². The fraction of sp³-hybridized carbons (Fsp3) is 0.0769. The summed E-state index contributed by atoms with van der Waals surface area (Å²) in [7, 11) is 1.55. The van der Waals surface area contributed by atoms with Crippen LogP contribution in [0.15, 0.2) is 29.8 Å². The Bertz CT molecular complexity index is 718. The van der Waals surface area contributed by atoms with E-state index in [-0.39, 0.29) is 0 Å². The zero-order valence-electron chi connectivity index (χ0n) is 9.14. The molecule has 0 aliphatic heterocycles. The third kappa shape index (κ3) is 1.49. The second kappa shape index (κ2) is 3.82. The van der Waals surface area contributed by atoms with Crippen LogP contribution in [0.25, 0.3) is 21.0 Å². The minimum atomic E-state index is 0.558. The number of fused-ring (bicyclic) bond motifs is 3. The van der Waals surface area contributed by atoms with Crippen LogP contribution in [0.1, 0.15) is 10.4 Å². The van der Waals surface area contributed by atoms with Crippen LogP contribution in [0, 0.1) is 0 Å². The van der Waals surface area contributed by atoms with Crippen LogP contribution in [0.3, 0.4) is 0 Å². The molecule has 0 unspecified atom stereocenters. The average molecular weight is 243 g/mol. The number of rotatable bonds is 2. The second-order valence-electron chi connectivity index (χ2n) is 3.69. The van der Waals surface area contributed by atoms with Crippen molar-refractivity contribution < 1.29 is 9.53 Å². The fourth-order valence-electron chi connectivity index (χ4n) is 1.92. The van der Waals surface area contributed by atoms with Crippen molar-refractivity contribution in [3.63, 3.8) is 0 Å². The van der Waals surface area contributed by atoms with E-state index in [0.29, 0.717) is 11.3 Å². The van der Waals surface area contributed by atoms with Crippen molar-refractivity contribution in [2.24, 2.45) is 0 Å². The summed E-state index contributed by atoms with van der Waals surface area (Å²) < 4.78 is 6.32. The molecule has 0 amide bonds. The zero-order valence-corrected chi connectivity index (χ0v) is 9.95. The van der Waals surface area contributed by atoms with Gasteiger partial charge in [0.1, 0.15) is 5.75 Å². The van der Waals surface area contributed by atoms with Gasteiger partial charge in [0, 0.05) is 27.7 Å². The molecule has 17 heavy (non-hydrogen) atoms. The summed E-state index contributed by atoms with van der Waals surface area (Å²) in [5.41, 5.74) is 1.41.